The number of rotatable bonds is 2. The number of amides is 1. The van der Waals surface area contributed by atoms with Crippen molar-refractivity contribution >= 4 is 11.9 Å². The summed E-state index contributed by atoms with van der Waals surface area (Å²) < 4.78 is 0. The Balaban J connectivity index is 1.90. The van der Waals surface area contributed by atoms with E-state index in [1.54, 1.807) is 23.1 Å². The van der Waals surface area contributed by atoms with Gasteiger partial charge in [-0.05, 0) is 31.4 Å². The van der Waals surface area contributed by atoms with E-state index in [2.05, 4.69) is 0 Å². The van der Waals surface area contributed by atoms with Crippen LogP contribution in [-0.4, -0.2) is 39.1 Å². The summed E-state index contributed by atoms with van der Waals surface area (Å²) in [5, 5.41) is 18.9. The maximum atomic E-state index is 12.5. The SMILES string of the molecule is O=C(O)C1CC2CCC1N2C(=O)c1ccccc1O. The predicted molar refractivity (Wildman–Crippen MR) is 66.8 cm³/mol. The summed E-state index contributed by atoms with van der Waals surface area (Å²) in [6.45, 7) is 0. The van der Waals surface area contributed by atoms with Crippen LogP contribution >= 0.6 is 0 Å². The predicted octanol–water partition coefficient (Wildman–Crippen LogP) is 1.47. The topological polar surface area (TPSA) is 77.8 Å². The van der Waals surface area contributed by atoms with Gasteiger partial charge in [0.1, 0.15) is 5.75 Å². The molecule has 2 N–H and O–H groups in total. The molecule has 5 nitrogen and oxygen atoms in total. The average molecular weight is 261 g/mol. The summed E-state index contributed by atoms with van der Waals surface area (Å²) in [5.41, 5.74) is 0.255. The lowest BCUT2D eigenvalue weighted by Crippen LogP contribution is -2.37. The molecule has 2 aliphatic heterocycles. The van der Waals surface area contributed by atoms with Gasteiger partial charge in [-0.2, -0.15) is 0 Å². The van der Waals surface area contributed by atoms with Crippen LogP contribution in [0.3, 0.4) is 0 Å². The van der Waals surface area contributed by atoms with Gasteiger partial charge < -0.3 is 15.1 Å². The van der Waals surface area contributed by atoms with Gasteiger partial charge in [0.25, 0.3) is 5.91 Å². The summed E-state index contributed by atoms with van der Waals surface area (Å²) in [6, 6.07) is 6.17. The van der Waals surface area contributed by atoms with Crippen molar-refractivity contribution in [2.75, 3.05) is 0 Å². The molecule has 3 rings (SSSR count). The van der Waals surface area contributed by atoms with Crippen molar-refractivity contribution in [1.29, 1.82) is 0 Å². The van der Waals surface area contributed by atoms with Crippen molar-refractivity contribution < 1.29 is 19.8 Å². The zero-order valence-electron chi connectivity index (χ0n) is 10.3. The molecule has 1 aromatic rings. The first-order valence-electron chi connectivity index (χ1n) is 6.43. The Morgan fingerprint density at radius 1 is 1.21 bits per heavy atom. The summed E-state index contributed by atoms with van der Waals surface area (Å²) in [7, 11) is 0. The van der Waals surface area contributed by atoms with Crippen LogP contribution in [0.1, 0.15) is 29.6 Å². The number of aromatic hydroxyl groups is 1. The number of phenolic OH excluding ortho intramolecular Hbond substituents is 1. The number of hydrogen-bond donors (Lipinski definition) is 2. The fraction of sp³-hybridized carbons (Fsp3) is 0.429. The zero-order valence-corrected chi connectivity index (χ0v) is 10.3. The summed E-state index contributed by atoms with van der Waals surface area (Å²) >= 11 is 0. The van der Waals surface area contributed by atoms with Crippen LogP contribution < -0.4 is 0 Å². The number of para-hydroxylation sites is 1. The number of fused-ring (bicyclic) bond motifs is 2. The van der Waals surface area contributed by atoms with E-state index < -0.39 is 11.9 Å². The van der Waals surface area contributed by atoms with Gasteiger partial charge in [-0.3, -0.25) is 9.59 Å². The standard InChI is InChI=1S/C14H15NO4/c16-12-4-2-1-3-9(12)13(17)15-8-5-6-11(15)10(7-8)14(18)19/h1-4,8,10-11,16H,5-7H2,(H,18,19). The first kappa shape index (κ1) is 12.0. The minimum Gasteiger partial charge on any atom is -0.507 e. The second-order valence-electron chi connectivity index (χ2n) is 5.21. The van der Waals surface area contributed by atoms with Crippen LogP contribution in [0.4, 0.5) is 0 Å². The number of phenols is 1. The van der Waals surface area contributed by atoms with Crippen molar-refractivity contribution in [3.05, 3.63) is 29.8 Å². The molecule has 0 aromatic heterocycles. The van der Waals surface area contributed by atoms with Crippen LogP contribution in [0.2, 0.25) is 0 Å². The highest BCUT2D eigenvalue weighted by molar-refractivity contribution is 5.98. The van der Waals surface area contributed by atoms with E-state index in [0.717, 1.165) is 12.8 Å². The fourth-order valence-electron chi connectivity index (χ4n) is 3.36. The van der Waals surface area contributed by atoms with Crippen LogP contribution in [0.15, 0.2) is 24.3 Å². The Labute approximate surface area is 110 Å². The van der Waals surface area contributed by atoms with Crippen molar-refractivity contribution in [3.63, 3.8) is 0 Å². The number of carbonyl (C=O) groups excluding carboxylic acids is 1. The molecule has 2 heterocycles. The van der Waals surface area contributed by atoms with Gasteiger partial charge >= 0.3 is 5.97 Å². The zero-order chi connectivity index (χ0) is 13.6. The molecule has 3 atom stereocenters. The van der Waals surface area contributed by atoms with E-state index in [1.165, 1.54) is 6.07 Å². The minimum atomic E-state index is -0.831. The Morgan fingerprint density at radius 3 is 2.58 bits per heavy atom. The Kier molecular flexibility index (Phi) is 2.69. The number of carboxylic acids is 1. The molecule has 1 amide bonds. The van der Waals surface area contributed by atoms with Crippen molar-refractivity contribution in [1.82, 2.24) is 4.90 Å². The van der Waals surface area contributed by atoms with E-state index in [0.29, 0.717) is 6.42 Å². The molecule has 0 saturated carbocycles. The van der Waals surface area contributed by atoms with E-state index in [4.69, 9.17) is 0 Å². The molecule has 2 aliphatic rings. The van der Waals surface area contributed by atoms with Gasteiger partial charge in [-0.25, -0.2) is 0 Å². The summed E-state index contributed by atoms with van der Waals surface area (Å²) in [6.07, 6.45) is 2.12. The first-order chi connectivity index (χ1) is 9.09. The van der Waals surface area contributed by atoms with Gasteiger partial charge in [-0.15, -0.1) is 0 Å². The monoisotopic (exact) mass is 261 g/mol. The Morgan fingerprint density at radius 2 is 1.95 bits per heavy atom. The molecule has 0 aliphatic carbocycles. The normalized spacial score (nSPS) is 28.6. The molecule has 2 saturated heterocycles. The van der Waals surface area contributed by atoms with E-state index in [-0.39, 0.29) is 29.3 Å². The molecule has 3 unspecified atom stereocenters. The maximum Gasteiger partial charge on any atom is 0.308 e. The smallest absolute Gasteiger partial charge is 0.308 e. The largest absolute Gasteiger partial charge is 0.507 e. The molecule has 5 heteroatoms. The number of carbonyl (C=O) groups is 2. The molecule has 2 fully saturated rings. The van der Waals surface area contributed by atoms with Crippen LogP contribution in [0.5, 0.6) is 5.75 Å². The van der Waals surface area contributed by atoms with Gasteiger partial charge in [0.05, 0.1) is 11.5 Å². The first-order valence-corrected chi connectivity index (χ1v) is 6.43. The number of carboxylic acid groups (broad SMARTS) is 1. The van der Waals surface area contributed by atoms with Crippen LogP contribution in [0.25, 0.3) is 0 Å². The Hall–Kier alpha value is -2.04. The van der Waals surface area contributed by atoms with Crippen LogP contribution in [0, 0.1) is 5.92 Å². The molecule has 1 aromatic carbocycles. The second kappa shape index (κ2) is 4.26. The van der Waals surface area contributed by atoms with Crippen molar-refractivity contribution in [3.8, 4) is 5.75 Å². The van der Waals surface area contributed by atoms with Gasteiger partial charge in [0.2, 0.25) is 0 Å². The molecular formula is C14H15NO4. The lowest BCUT2D eigenvalue weighted by Gasteiger charge is -2.23. The summed E-state index contributed by atoms with van der Waals surface area (Å²) in [4.78, 5) is 25.3. The third-order valence-corrected chi connectivity index (χ3v) is 4.22. The lowest BCUT2D eigenvalue weighted by molar-refractivity contribution is -0.142. The van der Waals surface area contributed by atoms with Crippen molar-refractivity contribution in [2.24, 2.45) is 5.92 Å². The highest BCUT2D eigenvalue weighted by atomic mass is 16.4. The number of aliphatic carboxylic acids is 1. The molecule has 0 spiro atoms. The maximum absolute atomic E-state index is 12.5. The highest BCUT2D eigenvalue weighted by Crippen LogP contribution is 2.43. The molecule has 100 valence electrons. The van der Waals surface area contributed by atoms with Gasteiger partial charge in [-0.1, -0.05) is 12.1 Å². The van der Waals surface area contributed by atoms with E-state index >= 15 is 0 Å². The highest BCUT2D eigenvalue weighted by Gasteiger charge is 2.51. The third-order valence-electron chi connectivity index (χ3n) is 4.22. The molecule has 0 radical (unpaired) electrons. The number of nitrogens with zero attached hydrogens (tertiary/aromatic N) is 1. The van der Waals surface area contributed by atoms with E-state index in [1.807, 2.05) is 0 Å². The van der Waals surface area contributed by atoms with Crippen LogP contribution in [-0.2, 0) is 4.79 Å². The minimum absolute atomic E-state index is 0.00166. The Bertz CT molecular complexity index is 542. The second-order valence-corrected chi connectivity index (χ2v) is 5.21. The molecule has 2 bridgehead atoms. The van der Waals surface area contributed by atoms with Crippen molar-refractivity contribution in [2.45, 2.75) is 31.3 Å². The lowest BCUT2D eigenvalue weighted by atomic mass is 9.89. The summed E-state index contributed by atoms with van der Waals surface area (Å²) in [5.74, 6) is -1.60. The van der Waals surface area contributed by atoms with E-state index in [9.17, 15) is 19.8 Å². The third kappa shape index (κ3) is 1.77. The molecule has 19 heavy (non-hydrogen) atoms. The quantitative estimate of drug-likeness (QED) is 0.845. The average Bonchev–Trinajstić information content (AvgIpc) is 2.96. The van der Waals surface area contributed by atoms with Gasteiger partial charge in [0.15, 0.2) is 0 Å². The molecular weight excluding hydrogens is 246 g/mol. The number of hydrogen-bond acceptors (Lipinski definition) is 3. The van der Waals surface area contributed by atoms with Gasteiger partial charge in [0, 0.05) is 12.1 Å². The fourth-order valence-corrected chi connectivity index (χ4v) is 3.36. The number of benzene rings is 1.